The zero-order valence-corrected chi connectivity index (χ0v) is 11.0. The molecule has 0 radical (unpaired) electrons. The van der Waals surface area contributed by atoms with Crippen LogP contribution in [0.1, 0.15) is 39.2 Å². The van der Waals surface area contributed by atoms with E-state index in [0.717, 1.165) is 17.0 Å². The zero-order valence-electron chi connectivity index (χ0n) is 11.0. The van der Waals surface area contributed by atoms with Crippen molar-refractivity contribution in [2.45, 2.75) is 39.2 Å². The highest BCUT2D eigenvalue weighted by atomic mass is 15.2. The van der Waals surface area contributed by atoms with Gasteiger partial charge in [-0.3, -0.25) is 4.98 Å². The Labute approximate surface area is 107 Å². The molecule has 1 aliphatic rings. The van der Waals surface area contributed by atoms with Gasteiger partial charge in [-0.25, -0.2) is 4.98 Å². The Morgan fingerprint density at radius 2 is 2.17 bits per heavy atom. The molecular weight excluding hydrogens is 224 g/mol. The lowest BCUT2D eigenvalue weighted by molar-refractivity contribution is 0.213. The number of rotatable bonds is 1. The minimum Gasteiger partial charge on any atom is -0.369 e. The lowest BCUT2D eigenvalue weighted by Gasteiger charge is -2.34. The molecule has 3 rings (SSSR count). The number of anilines is 1. The van der Waals surface area contributed by atoms with Gasteiger partial charge in [-0.2, -0.15) is 0 Å². The molecular formula is C14H20N4. The Morgan fingerprint density at radius 1 is 1.33 bits per heavy atom. The van der Waals surface area contributed by atoms with E-state index >= 15 is 0 Å². The molecule has 1 fully saturated rings. The van der Waals surface area contributed by atoms with E-state index in [1.807, 2.05) is 12.3 Å². The van der Waals surface area contributed by atoms with E-state index in [0.29, 0.717) is 17.9 Å². The van der Waals surface area contributed by atoms with Crippen molar-refractivity contribution >= 4 is 17.0 Å². The van der Waals surface area contributed by atoms with Crippen LogP contribution in [0.3, 0.4) is 0 Å². The van der Waals surface area contributed by atoms with Crippen molar-refractivity contribution in [1.29, 1.82) is 0 Å². The third-order valence-corrected chi connectivity index (χ3v) is 4.24. The van der Waals surface area contributed by atoms with E-state index in [1.54, 1.807) is 6.20 Å². The van der Waals surface area contributed by atoms with Crippen molar-refractivity contribution in [2.24, 2.45) is 11.8 Å². The third-order valence-electron chi connectivity index (χ3n) is 4.24. The normalized spacial score (nSPS) is 28.7. The Kier molecular flexibility index (Phi) is 2.73. The second-order valence-electron chi connectivity index (χ2n) is 5.67. The van der Waals surface area contributed by atoms with Crippen molar-refractivity contribution in [3.8, 4) is 0 Å². The molecule has 0 aliphatic heterocycles. The second-order valence-corrected chi connectivity index (χ2v) is 5.67. The molecule has 0 spiro atoms. The lowest BCUT2D eigenvalue weighted by atomic mass is 9.79. The molecule has 0 saturated heterocycles. The van der Waals surface area contributed by atoms with Crippen LogP contribution in [0.5, 0.6) is 0 Å². The molecule has 0 amide bonds. The Hall–Kier alpha value is -1.58. The Morgan fingerprint density at radius 3 is 2.94 bits per heavy atom. The Balaban J connectivity index is 2.06. The van der Waals surface area contributed by atoms with Gasteiger partial charge in [-0.15, -0.1) is 0 Å². The van der Waals surface area contributed by atoms with Crippen molar-refractivity contribution in [1.82, 2.24) is 14.5 Å². The van der Waals surface area contributed by atoms with Gasteiger partial charge in [0.05, 0.1) is 11.7 Å². The van der Waals surface area contributed by atoms with E-state index < -0.39 is 0 Å². The Bertz CT molecular complexity index is 560. The number of aromatic nitrogens is 3. The second kappa shape index (κ2) is 4.26. The van der Waals surface area contributed by atoms with Crippen LogP contribution in [0, 0.1) is 11.8 Å². The average Bonchev–Trinajstić information content (AvgIpc) is 2.66. The number of pyridine rings is 1. The summed E-state index contributed by atoms with van der Waals surface area (Å²) in [6.45, 7) is 4.67. The fourth-order valence-electron chi connectivity index (χ4n) is 3.35. The van der Waals surface area contributed by atoms with Crippen molar-refractivity contribution in [3.05, 3.63) is 18.5 Å². The number of hydrogen-bond donors (Lipinski definition) is 1. The fourth-order valence-corrected chi connectivity index (χ4v) is 3.35. The molecule has 0 aromatic carbocycles. The first kappa shape index (κ1) is 11.5. The van der Waals surface area contributed by atoms with E-state index in [9.17, 15) is 0 Å². The summed E-state index contributed by atoms with van der Waals surface area (Å²) < 4.78 is 2.22. The molecule has 2 heterocycles. The van der Waals surface area contributed by atoms with Gasteiger partial charge in [-0.1, -0.05) is 13.8 Å². The summed E-state index contributed by atoms with van der Waals surface area (Å²) in [7, 11) is 0. The molecule has 1 saturated carbocycles. The first-order valence-electron chi connectivity index (χ1n) is 6.74. The van der Waals surface area contributed by atoms with E-state index in [4.69, 9.17) is 5.73 Å². The number of fused-ring (bicyclic) bond motifs is 1. The van der Waals surface area contributed by atoms with Gasteiger partial charge in [-0.05, 0) is 37.2 Å². The van der Waals surface area contributed by atoms with Gasteiger partial charge >= 0.3 is 0 Å². The molecule has 4 heteroatoms. The van der Waals surface area contributed by atoms with Crippen molar-refractivity contribution < 1.29 is 0 Å². The molecule has 1 aliphatic carbocycles. The van der Waals surface area contributed by atoms with Gasteiger partial charge in [0.25, 0.3) is 0 Å². The lowest BCUT2D eigenvalue weighted by Crippen LogP contribution is -2.25. The number of hydrogen-bond acceptors (Lipinski definition) is 3. The molecule has 4 nitrogen and oxygen atoms in total. The molecule has 2 aromatic heterocycles. The maximum Gasteiger partial charge on any atom is 0.201 e. The van der Waals surface area contributed by atoms with E-state index in [2.05, 4.69) is 28.4 Å². The predicted octanol–water partition coefficient (Wildman–Crippen LogP) is 3.01. The summed E-state index contributed by atoms with van der Waals surface area (Å²) in [6.07, 6.45) is 7.35. The van der Waals surface area contributed by atoms with Gasteiger partial charge in [0, 0.05) is 12.2 Å². The monoisotopic (exact) mass is 244 g/mol. The SMILES string of the molecule is CC1CCC(n2c(N)nc3cnccc32)C(C)C1. The van der Waals surface area contributed by atoms with Crippen molar-refractivity contribution in [3.63, 3.8) is 0 Å². The number of nitrogens with two attached hydrogens (primary N) is 1. The van der Waals surface area contributed by atoms with Gasteiger partial charge in [0.15, 0.2) is 0 Å². The molecule has 18 heavy (non-hydrogen) atoms. The summed E-state index contributed by atoms with van der Waals surface area (Å²) in [4.78, 5) is 8.53. The minimum atomic E-state index is 0.480. The largest absolute Gasteiger partial charge is 0.369 e. The van der Waals surface area contributed by atoms with Crippen LogP contribution in [0.15, 0.2) is 18.5 Å². The standard InChI is InChI=1S/C14H20N4/c1-9-3-4-12(10(2)7-9)18-13-5-6-16-8-11(13)17-14(18)15/h5-6,8-10,12H,3-4,7H2,1-2H3,(H2,15,17). The summed E-state index contributed by atoms with van der Waals surface area (Å²) in [6, 6.07) is 2.50. The highest BCUT2D eigenvalue weighted by Crippen LogP contribution is 2.39. The fraction of sp³-hybridized carbons (Fsp3) is 0.571. The number of nitrogens with zero attached hydrogens (tertiary/aromatic N) is 3. The topological polar surface area (TPSA) is 56.7 Å². The summed E-state index contributed by atoms with van der Waals surface area (Å²) >= 11 is 0. The average molecular weight is 244 g/mol. The molecule has 96 valence electrons. The van der Waals surface area contributed by atoms with Gasteiger partial charge < -0.3 is 10.3 Å². The molecule has 0 bridgehead atoms. The van der Waals surface area contributed by atoms with Crippen LogP contribution < -0.4 is 5.73 Å². The van der Waals surface area contributed by atoms with Crippen LogP contribution in [0.2, 0.25) is 0 Å². The molecule has 3 atom stereocenters. The maximum absolute atomic E-state index is 6.11. The van der Waals surface area contributed by atoms with Crippen molar-refractivity contribution in [2.75, 3.05) is 5.73 Å². The third kappa shape index (κ3) is 1.76. The summed E-state index contributed by atoms with van der Waals surface area (Å²) in [5.74, 6) is 2.11. The smallest absolute Gasteiger partial charge is 0.201 e. The summed E-state index contributed by atoms with van der Waals surface area (Å²) in [5.41, 5.74) is 8.13. The van der Waals surface area contributed by atoms with E-state index in [1.165, 1.54) is 19.3 Å². The summed E-state index contributed by atoms with van der Waals surface area (Å²) in [5, 5.41) is 0. The van der Waals surface area contributed by atoms with E-state index in [-0.39, 0.29) is 0 Å². The van der Waals surface area contributed by atoms with Gasteiger partial charge in [0.2, 0.25) is 5.95 Å². The van der Waals surface area contributed by atoms with Gasteiger partial charge in [0.1, 0.15) is 5.52 Å². The van der Waals surface area contributed by atoms with Crippen LogP contribution in [0.4, 0.5) is 5.95 Å². The maximum atomic E-state index is 6.11. The van der Waals surface area contributed by atoms with Crippen LogP contribution in [-0.4, -0.2) is 14.5 Å². The first-order chi connectivity index (χ1) is 8.66. The quantitative estimate of drug-likeness (QED) is 0.839. The van der Waals surface area contributed by atoms with Crippen LogP contribution in [0.25, 0.3) is 11.0 Å². The highest BCUT2D eigenvalue weighted by molar-refractivity contribution is 5.77. The molecule has 2 aromatic rings. The number of nitrogen functional groups attached to an aromatic ring is 1. The number of imidazole rings is 1. The molecule has 3 unspecified atom stereocenters. The zero-order chi connectivity index (χ0) is 12.7. The molecule has 2 N–H and O–H groups in total. The minimum absolute atomic E-state index is 0.480. The first-order valence-corrected chi connectivity index (χ1v) is 6.74. The predicted molar refractivity (Wildman–Crippen MR) is 73.2 cm³/mol. The van der Waals surface area contributed by atoms with Crippen LogP contribution >= 0.6 is 0 Å². The highest BCUT2D eigenvalue weighted by Gasteiger charge is 2.28. The van der Waals surface area contributed by atoms with Crippen LogP contribution in [-0.2, 0) is 0 Å².